The summed E-state index contributed by atoms with van der Waals surface area (Å²) in [5, 5.41) is 0. The Morgan fingerprint density at radius 1 is 0.757 bits per heavy atom. The molecule has 4 unspecified atom stereocenters. The van der Waals surface area contributed by atoms with Crippen LogP contribution in [-0.4, -0.2) is 42.1 Å². The van der Waals surface area contributed by atoms with Crippen LogP contribution in [0.25, 0.3) is 0 Å². The van der Waals surface area contributed by atoms with Crippen LogP contribution in [0.2, 0.25) is 0 Å². The van der Waals surface area contributed by atoms with E-state index >= 15 is 0 Å². The molecule has 2 aliphatic heterocycles. The van der Waals surface area contributed by atoms with Crippen molar-refractivity contribution >= 4 is 17.7 Å². The molecule has 2 heterocycles. The maximum Gasteiger partial charge on any atom is 0.338 e. The molecule has 37 heavy (non-hydrogen) atoms. The van der Waals surface area contributed by atoms with Gasteiger partial charge in [-0.2, -0.15) is 0 Å². The SMILES string of the molecule is CCC1O[C@H](OC2[C@@H](Sc3ccccc3)OC(CC)[C@@H](C)[C@@H]2C)C(OC(=O)c2ccccc2)[C@@H](C)[C@@H]1C. The predicted octanol–water partition coefficient (Wildman–Crippen LogP) is 7.20. The van der Waals surface area contributed by atoms with E-state index in [0.29, 0.717) is 11.5 Å². The Morgan fingerprint density at radius 2 is 1.30 bits per heavy atom. The van der Waals surface area contributed by atoms with Crippen LogP contribution in [0.1, 0.15) is 64.7 Å². The lowest BCUT2D eigenvalue weighted by atomic mass is 9.81. The van der Waals surface area contributed by atoms with Gasteiger partial charge in [-0.1, -0.05) is 89.7 Å². The van der Waals surface area contributed by atoms with E-state index in [1.54, 1.807) is 23.9 Å². The largest absolute Gasteiger partial charge is 0.453 e. The molecule has 2 aromatic rings. The molecule has 0 radical (unpaired) electrons. The fourth-order valence-electron chi connectivity index (χ4n) is 5.56. The molecule has 2 saturated heterocycles. The number of carbonyl (C=O) groups is 1. The van der Waals surface area contributed by atoms with Crippen LogP contribution in [0.4, 0.5) is 0 Å². The van der Waals surface area contributed by atoms with E-state index in [2.05, 4.69) is 53.7 Å². The highest BCUT2D eigenvalue weighted by molar-refractivity contribution is 7.99. The quantitative estimate of drug-likeness (QED) is 0.339. The maximum atomic E-state index is 13.1. The zero-order valence-electron chi connectivity index (χ0n) is 22.9. The minimum Gasteiger partial charge on any atom is -0.453 e. The smallest absolute Gasteiger partial charge is 0.338 e. The van der Waals surface area contributed by atoms with Crippen LogP contribution in [0.15, 0.2) is 65.6 Å². The molecule has 2 fully saturated rings. The summed E-state index contributed by atoms with van der Waals surface area (Å²) >= 11 is 1.70. The molecule has 6 heteroatoms. The van der Waals surface area contributed by atoms with Crippen molar-refractivity contribution in [2.75, 3.05) is 0 Å². The van der Waals surface area contributed by atoms with Gasteiger partial charge in [0.15, 0.2) is 12.4 Å². The Bertz CT molecular complexity index is 986. The minimum atomic E-state index is -0.663. The van der Waals surface area contributed by atoms with E-state index in [0.717, 1.165) is 17.7 Å². The maximum absolute atomic E-state index is 13.1. The normalized spacial score (nSPS) is 36.2. The lowest BCUT2D eigenvalue weighted by molar-refractivity contribution is -0.305. The van der Waals surface area contributed by atoms with Crippen molar-refractivity contribution in [3.05, 3.63) is 66.2 Å². The molecular formula is C31H42O5S. The molecule has 4 rings (SSSR count). The summed E-state index contributed by atoms with van der Waals surface area (Å²) in [4.78, 5) is 14.2. The van der Waals surface area contributed by atoms with Gasteiger partial charge >= 0.3 is 5.97 Å². The standard InChI is InChI=1S/C31H42O5S/c1-7-25-19(3)21(5)27(35-29(32)23-15-11-9-12-16-23)30(33-25)36-28-22(6)20(4)26(8-2)34-31(28)37-24-17-13-10-14-18-24/h9-22,25-28,30-31H,7-8H2,1-6H3/t19-,20-,21-,22-,25?,26?,27?,28?,30+,31+/m0/s1. The first-order chi connectivity index (χ1) is 17.8. The average Bonchev–Trinajstić information content (AvgIpc) is 2.92. The number of ether oxygens (including phenoxy) is 4. The summed E-state index contributed by atoms with van der Waals surface area (Å²) in [6, 6.07) is 19.5. The third-order valence-corrected chi connectivity index (χ3v) is 9.52. The summed E-state index contributed by atoms with van der Waals surface area (Å²) in [5.74, 6) is 0.534. The van der Waals surface area contributed by atoms with Crippen LogP contribution in [0.3, 0.4) is 0 Å². The molecule has 0 saturated carbocycles. The van der Waals surface area contributed by atoms with Gasteiger partial charge in [-0.05, 0) is 54.9 Å². The van der Waals surface area contributed by atoms with Crippen LogP contribution < -0.4 is 0 Å². The Hall–Kier alpha value is -1.86. The predicted molar refractivity (Wildman–Crippen MR) is 147 cm³/mol. The highest BCUT2D eigenvalue weighted by atomic mass is 32.2. The average molecular weight is 527 g/mol. The topological polar surface area (TPSA) is 54.0 Å². The van der Waals surface area contributed by atoms with Crippen molar-refractivity contribution in [3.63, 3.8) is 0 Å². The highest BCUT2D eigenvalue weighted by Gasteiger charge is 2.49. The van der Waals surface area contributed by atoms with Gasteiger partial charge in [0, 0.05) is 10.8 Å². The molecule has 2 aromatic carbocycles. The van der Waals surface area contributed by atoms with E-state index in [4.69, 9.17) is 18.9 Å². The molecule has 0 bridgehead atoms. The van der Waals surface area contributed by atoms with Crippen molar-refractivity contribution in [2.24, 2.45) is 23.7 Å². The van der Waals surface area contributed by atoms with Gasteiger partial charge < -0.3 is 18.9 Å². The molecular weight excluding hydrogens is 484 g/mol. The first-order valence-corrected chi connectivity index (χ1v) is 14.7. The number of thioether (sulfide) groups is 1. The third kappa shape index (κ3) is 6.42. The third-order valence-electron chi connectivity index (χ3n) is 8.37. The summed E-state index contributed by atoms with van der Waals surface area (Å²) in [7, 11) is 0. The van der Waals surface area contributed by atoms with E-state index in [-0.39, 0.29) is 47.5 Å². The second-order valence-electron chi connectivity index (χ2n) is 10.6. The monoisotopic (exact) mass is 526 g/mol. The van der Waals surface area contributed by atoms with E-state index in [1.165, 1.54) is 0 Å². The van der Waals surface area contributed by atoms with E-state index < -0.39 is 12.4 Å². The molecule has 202 valence electrons. The van der Waals surface area contributed by atoms with Gasteiger partial charge in [0.25, 0.3) is 0 Å². The van der Waals surface area contributed by atoms with Crippen molar-refractivity contribution in [1.82, 2.24) is 0 Å². The number of esters is 1. The van der Waals surface area contributed by atoms with E-state index in [9.17, 15) is 4.79 Å². The second-order valence-corrected chi connectivity index (χ2v) is 11.8. The lowest BCUT2D eigenvalue weighted by Crippen LogP contribution is -2.56. The number of hydrogen-bond acceptors (Lipinski definition) is 6. The first kappa shape index (κ1) is 28.2. The Labute approximate surface area is 226 Å². The lowest BCUT2D eigenvalue weighted by Gasteiger charge is -2.49. The van der Waals surface area contributed by atoms with Crippen LogP contribution >= 0.6 is 11.8 Å². The van der Waals surface area contributed by atoms with Crippen LogP contribution in [0, 0.1) is 23.7 Å². The Morgan fingerprint density at radius 3 is 1.89 bits per heavy atom. The molecule has 0 N–H and O–H groups in total. The summed E-state index contributed by atoms with van der Waals surface area (Å²) in [6.07, 6.45) is 0.628. The summed E-state index contributed by atoms with van der Waals surface area (Å²) in [5.41, 5.74) is 0.340. The van der Waals surface area contributed by atoms with E-state index in [1.807, 2.05) is 36.4 Å². The molecule has 2 aliphatic rings. The van der Waals surface area contributed by atoms with Gasteiger partial charge in [-0.3, -0.25) is 0 Å². The van der Waals surface area contributed by atoms with Gasteiger partial charge in [0.1, 0.15) is 5.44 Å². The van der Waals surface area contributed by atoms with Crippen molar-refractivity contribution in [2.45, 2.75) is 95.4 Å². The zero-order valence-corrected chi connectivity index (χ0v) is 23.7. The first-order valence-electron chi connectivity index (χ1n) is 13.8. The van der Waals surface area contributed by atoms with Crippen LogP contribution in [0.5, 0.6) is 0 Å². The fraction of sp³-hybridized carbons (Fsp3) is 0.581. The van der Waals surface area contributed by atoms with Crippen molar-refractivity contribution in [1.29, 1.82) is 0 Å². The zero-order chi connectivity index (χ0) is 26.5. The number of hydrogen-bond donors (Lipinski definition) is 0. The number of rotatable bonds is 8. The van der Waals surface area contributed by atoms with Crippen LogP contribution in [-0.2, 0) is 18.9 Å². The number of carbonyl (C=O) groups excluding carboxylic acids is 1. The summed E-state index contributed by atoms with van der Waals surface area (Å²) in [6.45, 7) is 13.1. The van der Waals surface area contributed by atoms with Gasteiger partial charge in [-0.15, -0.1) is 0 Å². The molecule has 0 aromatic heterocycles. The minimum absolute atomic E-state index is 0.0348. The fourth-order valence-corrected chi connectivity index (χ4v) is 6.79. The second kappa shape index (κ2) is 12.8. The van der Waals surface area contributed by atoms with Gasteiger partial charge in [0.2, 0.25) is 0 Å². The summed E-state index contributed by atoms with van der Waals surface area (Å²) < 4.78 is 26.2. The molecule has 0 amide bonds. The molecule has 10 atom stereocenters. The molecule has 0 spiro atoms. The van der Waals surface area contributed by atoms with Crippen molar-refractivity contribution < 1.29 is 23.7 Å². The van der Waals surface area contributed by atoms with Gasteiger partial charge in [0.05, 0.1) is 23.9 Å². The Balaban J connectivity index is 1.60. The highest BCUT2D eigenvalue weighted by Crippen LogP contribution is 2.43. The molecule has 5 nitrogen and oxygen atoms in total. The Kier molecular flexibility index (Phi) is 9.73. The molecule has 0 aliphatic carbocycles. The van der Waals surface area contributed by atoms with Gasteiger partial charge in [-0.25, -0.2) is 4.79 Å². The van der Waals surface area contributed by atoms with Crippen molar-refractivity contribution in [3.8, 4) is 0 Å². The number of benzene rings is 2.